The van der Waals surface area contributed by atoms with Gasteiger partial charge in [-0.1, -0.05) is 13.3 Å². The highest BCUT2D eigenvalue weighted by Gasteiger charge is 2.22. The lowest BCUT2D eigenvalue weighted by atomic mass is 10.1. The molecule has 1 aromatic carbocycles. The maximum atomic E-state index is 14.1. The maximum Gasteiger partial charge on any atom is 0.275 e. The topological polar surface area (TPSA) is 75.9 Å². The van der Waals surface area contributed by atoms with E-state index in [4.69, 9.17) is 0 Å². The predicted octanol–water partition coefficient (Wildman–Crippen LogP) is 2.99. The summed E-state index contributed by atoms with van der Waals surface area (Å²) in [7, 11) is 1.72. The van der Waals surface area contributed by atoms with E-state index in [2.05, 4.69) is 32.2 Å². The molecule has 1 atom stereocenters. The number of nitrogens with zero attached hydrogens (tertiary/aromatic N) is 5. The molecular weight excluding hydrogens is 347 g/mol. The molecule has 0 bridgehead atoms. The average Bonchev–Trinajstić information content (AvgIpc) is 3.28. The van der Waals surface area contributed by atoms with Crippen LogP contribution in [-0.2, 0) is 7.05 Å². The van der Waals surface area contributed by atoms with Gasteiger partial charge in [0.2, 0.25) is 0 Å². The first-order valence-corrected chi connectivity index (χ1v) is 9.04. The second-order valence-corrected chi connectivity index (χ2v) is 6.92. The van der Waals surface area contributed by atoms with Crippen LogP contribution >= 0.6 is 0 Å². The quantitative estimate of drug-likeness (QED) is 0.766. The summed E-state index contributed by atoms with van der Waals surface area (Å²) in [5.41, 5.74) is 0.821. The molecule has 3 aromatic rings. The van der Waals surface area contributed by atoms with E-state index in [1.165, 1.54) is 16.9 Å². The molecule has 4 rings (SSSR count). The molecule has 1 aliphatic heterocycles. The molecule has 0 saturated carbocycles. The third-order valence-electron chi connectivity index (χ3n) is 4.99. The minimum Gasteiger partial charge on any atom is -0.355 e. The standard InChI is InChI=1S/C19H21FN6O/c1-3-12-4-5-26(10-12)17-9-21-16(8-22-17)19(27)23-14-6-13-11-25(2)24-18(13)15(20)7-14/h6-9,11-12H,3-5,10H2,1-2H3,(H,23,27)/t12-/m1/s1. The fraction of sp³-hybridized carbons (Fsp3) is 0.368. The van der Waals surface area contributed by atoms with Crippen molar-refractivity contribution in [1.82, 2.24) is 19.7 Å². The maximum absolute atomic E-state index is 14.1. The third kappa shape index (κ3) is 3.47. The summed E-state index contributed by atoms with van der Waals surface area (Å²) in [6, 6.07) is 2.93. The monoisotopic (exact) mass is 368 g/mol. The van der Waals surface area contributed by atoms with Gasteiger partial charge in [-0.2, -0.15) is 5.10 Å². The first kappa shape index (κ1) is 17.4. The van der Waals surface area contributed by atoms with E-state index in [1.807, 2.05) is 0 Å². The smallest absolute Gasteiger partial charge is 0.275 e. The van der Waals surface area contributed by atoms with E-state index in [9.17, 15) is 9.18 Å². The lowest BCUT2D eigenvalue weighted by Gasteiger charge is -2.16. The summed E-state index contributed by atoms with van der Waals surface area (Å²) < 4.78 is 15.7. The molecule has 7 nitrogen and oxygen atoms in total. The van der Waals surface area contributed by atoms with Crippen molar-refractivity contribution < 1.29 is 9.18 Å². The molecule has 27 heavy (non-hydrogen) atoms. The Bertz CT molecular complexity index is 984. The van der Waals surface area contributed by atoms with Crippen molar-refractivity contribution in [1.29, 1.82) is 0 Å². The van der Waals surface area contributed by atoms with Gasteiger partial charge in [-0.25, -0.2) is 14.4 Å². The highest BCUT2D eigenvalue weighted by atomic mass is 19.1. The Morgan fingerprint density at radius 3 is 2.89 bits per heavy atom. The van der Waals surface area contributed by atoms with E-state index < -0.39 is 11.7 Å². The molecule has 1 aliphatic rings. The van der Waals surface area contributed by atoms with Gasteiger partial charge in [0.05, 0.1) is 12.4 Å². The zero-order chi connectivity index (χ0) is 19.0. The molecule has 2 aromatic heterocycles. The summed E-state index contributed by atoms with van der Waals surface area (Å²) in [5.74, 6) is 0.561. The van der Waals surface area contributed by atoms with Crippen molar-refractivity contribution in [3.8, 4) is 0 Å². The fourth-order valence-corrected chi connectivity index (χ4v) is 3.46. The van der Waals surface area contributed by atoms with Gasteiger partial charge in [0, 0.05) is 37.4 Å². The first-order chi connectivity index (χ1) is 13.0. The zero-order valence-electron chi connectivity index (χ0n) is 15.3. The van der Waals surface area contributed by atoms with E-state index in [-0.39, 0.29) is 11.2 Å². The van der Waals surface area contributed by atoms with Crippen LogP contribution in [0.5, 0.6) is 0 Å². The molecule has 140 valence electrons. The van der Waals surface area contributed by atoms with Gasteiger partial charge >= 0.3 is 0 Å². The number of aromatic nitrogens is 4. The Kier molecular flexibility index (Phi) is 4.47. The van der Waals surface area contributed by atoms with Crippen LogP contribution in [0.15, 0.2) is 30.7 Å². The summed E-state index contributed by atoms with van der Waals surface area (Å²) in [5, 5.41) is 7.34. The normalized spacial score (nSPS) is 16.9. The number of rotatable bonds is 4. The Balaban J connectivity index is 1.48. The lowest BCUT2D eigenvalue weighted by molar-refractivity contribution is 0.102. The average molecular weight is 368 g/mol. The summed E-state index contributed by atoms with van der Waals surface area (Å²) in [4.78, 5) is 23.2. The van der Waals surface area contributed by atoms with Gasteiger partial charge in [0.1, 0.15) is 17.0 Å². The van der Waals surface area contributed by atoms with E-state index >= 15 is 0 Å². The van der Waals surface area contributed by atoms with Crippen molar-refractivity contribution >= 4 is 28.3 Å². The van der Waals surface area contributed by atoms with E-state index in [0.29, 0.717) is 17.0 Å². The number of nitrogens with one attached hydrogen (secondary N) is 1. The van der Waals surface area contributed by atoms with Gasteiger partial charge in [-0.15, -0.1) is 0 Å². The number of carbonyl (C=O) groups excluding carboxylic acids is 1. The molecule has 8 heteroatoms. The number of anilines is 2. The van der Waals surface area contributed by atoms with E-state index in [0.717, 1.165) is 31.7 Å². The second kappa shape index (κ2) is 6.94. The van der Waals surface area contributed by atoms with Crippen molar-refractivity contribution in [3.05, 3.63) is 42.2 Å². The molecule has 0 unspecified atom stereocenters. The van der Waals surface area contributed by atoms with Crippen LogP contribution in [0.2, 0.25) is 0 Å². The number of amides is 1. The van der Waals surface area contributed by atoms with Crippen LogP contribution in [0.3, 0.4) is 0 Å². The SMILES string of the molecule is CC[C@@H]1CCN(c2cnc(C(=O)Nc3cc(F)c4nn(C)cc4c3)cn2)C1. The van der Waals surface area contributed by atoms with Crippen molar-refractivity contribution in [2.45, 2.75) is 19.8 Å². The van der Waals surface area contributed by atoms with Crippen LogP contribution in [0, 0.1) is 11.7 Å². The van der Waals surface area contributed by atoms with Gasteiger partial charge in [0.25, 0.3) is 5.91 Å². The van der Waals surface area contributed by atoms with E-state index in [1.54, 1.807) is 25.5 Å². The van der Waals surface area contributed by atoms with Crippen molar-refractivity contribution in [2.24, 2.45) is 13.0 Å². The highest BCUT2D eigenvalue weighted by Crippen LogP contribution is 2.24. The number of hydrogen-bond acceptors (Lipinski definition) is 5. The Labute approximate surface area is 156 Å². The van der Waals surface area contributed by atoms with Gasteiger partial charge in [0.15, 0.2) is 5.82 Å². The highest BCUT2D eigenvalue weighted by molar-refractivity contribution is 6.03. The summed E-state index contributed by atoms with van der Waals surface area (Å²) >= 11 is 0. The number of fused-ring (bicyclic) bond motifs is 1. The van der Waals surface area contributed by atoms with Crippen LogP contribution < -0.4 is 10.2 Å². The molecule has 0 spiro atoms. The lowest BCUT2D eigenvalue weighted by Crippen LogP contribution is -2.22. The zero-order valence-corrected chi connectivity index (χ0v) is 15.3. The predicted molar refractivity (Wildman–Crippen MR) is 101 cm³/mol. The largest absolute Gasteiger partial charge is 0.355 e. The number of aryl methyl sites for hydroxylation is 1. The summed E-state index contributed by atoms with van der Waals surface area (Å²) in [6.45, 7) is 4.13. The number of halogens is 1. The number of carbonyl (C=O) groups is 1. The molecule has 0 radical (unpaired) electrons. The fourth-order valence-electron chi connectivity index (χ4n) is 3.46. The molecule has 1 amide bonds. The van der Waals surface area contributed by atoms with Crippen LogP contribution in [-0.4, -0.2) is 38.7 Å². The van der Waals surface area contributed by atoms with Crippen molar-refractivity contribution in [2.75, 3.05) is 23.3 Å². The minimum atomic E-state index is -0.482. The molecule has 1 saturated heterocycles. The van der Waals surface area contributed by atoms with Gasteiger partial charge < -0.3 is 10.2 Å². The molecule has 3 heterocycles. The van der Waals surface area contributed by atoms with Crippen molar-refractivity contribution in [3.63, 3.8) is 0 Å². The number of benzene rings is 1. The minimum absolute atomic E-state index is 0.191. The van der Waals surface area contributed by atoms with Crippen LogP contribution in [0.25, 0.3) is 10.9 Å². The second-order valence-electron chi connectivity index (χ2n) is 6.92. The Morgan fingerprint density at radius 1 is 1.33 bits per heavy atom. The number of hydrogen-bond donors (Lipinski definition) is 1. The molecule has 1 fully saturated rings. The summed E-state index contributed by atoms with van der Waals surface area (Å²) in [6.07, 6.45) is 7.09. The molecule has 1 N–H and O–H groups in total. The van der Waals surface area contributed by atoms with Gasteiger partial charge in [-0.3, -0.25) is 9.48 Å². The van der Waals surface area contributed by atoms with Crippen LogP contribution in [0.4, 0.5) is 15.9 Å². The molecular formula is C19H21FN6O. The van der Waals surface area contributed by atoms with Crippen LogP contribution in [0.1, 0.15) is 30.3 Å². The van der Waals surface area contributed by atoms with Gasteiger partial charge in [-0.05, 0) is 24.5 Å². The third-order valence-corrected chi connectivity index (χ3v) is 4.99. The Morgan fingerprint density at radius 2 is 2.19 bits per heavy atom. The first-order valence-electron chi connectivity index (χ1n) is 9.04. The molecule has 0 aliphatic carbocycles. The Hall–Kier alpha value is -3.03.